The van der Waals surface area contributed by atoms with Crippen LogP contribution in [0, 0.1) is 6.92 Å². The molecule has 2 aromatic carbocycles. The third-order valence-electron chi connectivity index (χ3n) is 2.89. The van der Waals surface area contributed by atoms with Crippen molar-refractivity contribution in [2.75, 3.05) is 15.7 Å². The second kappa shape index (κ2) is 6.79. The first-order chi connectivity index (χ1) is 11.0. The molecule has 0 saturated heterocycles. The second-order valence-electron chi connectivity index (χ2n) is 5.11. The molecule has 0 heterocycles. The molecule has 0 amide bonds. The summed E-state index contributed by atoms with van der Waals surface area (Å²) < 4.78 is 51.8. The molecule has 24 heavy (non-hydrogen) atoms. The highest BCUT2D eigenvalue weighted by Crippen LogP contribution is 2.29. The molecule has 0 unspecified atom stereocenters. The molecule has 6 nitrogen and oxygen atoms in total. The fourth-order valence-corrected chi connectivity index (χ4v) is 4.41. The van der Waals surface area contributed by atoms with Gasteiger partial charge in [0, 0.05) is 0 Å². The van der Waals surface area contributed by atoms with E-state index < -0.39 is 20.0 Å². The zero-order chi connectivity index (χ0) is 18.1. The number of benzene rings is 2. The van der Waals surface area contributed by atoms with Crippen LogP contribution in [-0.4, -0.2) is 23.1 Å². The van der Waals surface area contributed by atoms with Crippen LogP contribution in [0.1, 0.15) is 5.56 Å². The Kier molecular flexibility index (Phi) is 5.34. The third kappa shape index (κ3) is 4.76. The lowest BCUT2D eigenvalue weighted by atomic mass is 10.2. The number of halogens is 2. The van der Waals surface area contributed by atoms with E-state index in [1.807, 2.05) is 0 Å². The maximum absolute atomic E-state index is 12.4. The molecule has 130 valence electrons. The van der Waals surface area contributed by atoms with Crippen molar-refractivity contribution in [3.8, 4) is 0 Å². The first-order valence-electron chi connectivity index (χ1n) is 6.54. The number of sulfonamides is 2. The van der Waals surface area contributed by atoms with Crippen LogP contribution in [0.5, 0.6) is 0 Å². The maximum Gasteiger partial charge on any atom is 0.263 e. The molecule has 0 bridgehead atoms. The van der Waals surface area contributed by atoms with Crippen molar-refractivity contribution < 1.29 is 16.8 Å². The van der Waals surface area contributed by atoms with E-state index in [-0.39, 0.29) is 26.3 Å². The summed E-state index contributed by atoms with van der Waals surface area (Å²) in [6.45, 7) is 1.79. The summed E-state index contributed by atoms with van der Waals surface area (Å²) in [4.78, 5) is -0.0655. The lowest BCUT2D eigenvalue weighted by Crippen LogP contribution is -2.14. The van der Waals surface area contributed by atoms with Crippen molar-refractivity contribution in [2.24, 2.45) is 0 Å². The summed E-state index contributed by atoms with van der Waals surface area (Å²) in [5, 5.41) is 0.152. The van der Waals surface area contributed by atoms with Crippen LogP contribution in [-0.2, 0) is 20.0 Å². The van der Waals surface area contributed by atoms with Gasteiger partial charge in [0.05, 0.1) is 27.7 Å². The smallest absolute Gasteiger partial charge is 0.263 e. The van der Waals surface area contributed by atoms with Crippen LogP contribution in [0.25, 0.3) is 0 Å². The lowest BCUT2D eigenvalue weighted by Gasteiger charge is -2.12. The molecule has 0 aliphatic carbocycles. The predicted molar refractivity (Wildman–Crippen MR) is 96.9 cm³/mol. The first kappa shape index (κ1) is 18.9. The molecule has 2 N–H and O–H groups in total. The van der Waals surface area contributed by atoms with Gasteiger partial charge in [-0.15, -0.1) is 0 Å². The molecule has 0 fully saturated rings. The summed E-state index contributed by atoms with van der Waals surface area (Å²) >= 11 is 12.0. The number of hydrogen-bond acceptors (Lipinski definition) is 4. The maximum atomic E-state index is 12.4. The summed E-state index contributed by atoms with van der Waals surface area (Å²) in [5.41, 5.74) is 1.16. The Morgan fingerprint density at radius 3 is 2.08 bits per heavy atom. The van der Waals surface area contributed by atoms with E-state index in [4.69, 9.17) is 23.2 Å². The molecule has 0 spiro atoms. The molecule has 0 aromatic heterocycles. The minimum atomic E-state index is -3.90. The summed E-state index contributed by atoms with van der Waals surface area (Å²) in [6.07, 6.45) is 0.985. The minimum Gasteiger partial charge on any atom is -0.282 e. The van der Waals surface area contributed by atoms with Gasteiger partial charge in [0.1, 0.15) is 4.90 Å². The van der Waals surface area contributed by atoms with Crippen molar-refractivity contribution in [1.82, 2.24) is 0 Å². The third-order valence-corrected chi connectivity index (χ3v) is 5.66. The van der Waals surface area contributed by atoms with Gasteiger partial charge in [-0.1, -0.05) is 29.3 Å². The molecule has 0 aliphatic rings. The van der Waals surface area contributed by atoms with Crippen LogP contribution in [0.4, 0.5) is 11.4 Å². The van der Waals surface area contributed by atoms with Crippen LogP contribution >= 0.6 is 23.2 Å². The van der Waals surface area contributed by atoms with Crippen LogP contribution in [0.15, 0.2) is 41.3 Å². The SMILES string of the molecule is Cc1ccc(S(=O)(=O)Nc2ccc(NS(C)(=O)=O)c(Cl)c2)c(Cl)c1. The number of rotatable bonds is 5. The number of aryl methyl sites for hydroxylation is 1. The lowest BCUT2D eigenvalue weighted by molar-refractivity contribution is 0.600. The van der Waals surface area contributed by atoms with E-state index in [0.717, 1.165) is 11.8 Å². The highest BCUT2D eigenvalue weighted by molar-refractivity contribution is 7.93. The van der Waals surface area contributed by atoms with Gasteiger partial charge in [-0.05, 0) is 42.8 Å². The molecule has 0 saturated carbocycles. The molecule has 0 atom stereocenters. The van der Waals surface area contributed by atoms with E-state index in [9.17, 15) is 16.8 Å². The van der Waals surface area contributed by atoms with Crippen molar-refractivity contribution in [2.45, 2.75) is 11.8 Å². The van der Waals surface area contributed by atoms with E-state index in [0.29, 0.717) is 0 Å². The number of hydrogen-bond donors (Lipinski definition) is 2. The Labute approximate surface area is 150 Å². The van der Waals surface area contributed by atoms with Gasteiger partial charge in [-0.3, -0.25) is 9.44 Å². The van der Waals surface area contributed by atoms with E-state index in [1.165, 1.54) is 24.3 Å². The highest BCUT2D eigenvalue weighted by atomic mass is 35.5. The Balaban J connectivity index is 2.32. The normalized spacial score (nSPS) is 12.0. The molecular formula is C14H14Cl2N2O4S2. The van der Waals surface area contributed by atoms with Crippen LogP contribution in [0.2, 0.25) is 10.0 Å². The Morgan fingerprint density at radius 2 is 1.54 bits per heavy atom. The van der Waals surface area contributed by atoms with Crippen molar-refractivity contribution in [3.63, 3.8) is 0 Å². The fourth-order valence-electron chi connectivity index (χ4n) is 1.90. The summed E-state index contributed by atoms with van der Waals surface area (Å²) in [5.74, 6) is 0. The largest absolute Gasteiger partial charge is 0.282 e. The standard InChI is InChI=1S/C14H14Cl2N2O4S2/c1-9-3-6-14(12(16)7-9)24(21,22)17-10-4-5-13(11(15)8-10)18-23(2,19)20/h3-8,17-18H,1-2H3. The number of anilines is 2. The van der Waals surface area contributed by atoms with Crippen molar-refractivity contribution >= 4 is 54.6 Å². The Bertz CT molecular complexity index is 990. The van der Waals surface area contributed by atoms with Gasteiger partial charge >= 0.3 is 0 Å². The van der Waals surface area contributed by atoms with E-state index in [1.54, 1.807) is 19.1 Å². The molecule has 2 aromatic rings. The highest BCUT2D eigenvalue weighted by Gasteiger charge is 2.18. The zero-order valence-electron chi connectivity index (χ0n) is 12.7. The van der Waals surface area contributed by atoms with Crippen LogP contribution < -0.4 is 9.44 Å². The number of nitrogens with one attached hydrogen (secondary N) is 2. The van der Waals surface area contributed by atoms with Gasteiger partial charge in [-0.2, -0.15) is 0 Å². The molecule has 0 aliphatic heterocycles. The predicted octanol–water partition coefficient (Wildman–Crippen LogP) is 3.47. The average molecular weight is 409 g/mol. The van der Waals surface area contributed by atoms with Gasteiger partial charge in [0.15, 0.2) is 0 Å². The topological polar surface area (TPSA) is 92.3 Å². The monoisotopic (exact) mass is 408 g/mol. The van der Waals surface area contributed by atoms with Crippen molar-refractivity contribution in [1.29, 1.82) is 0 Å². The van der Waals surface area contributed by atoms with Gasteiger partial charge in [0.2, 0.25) is 10.0 Å². The van der Waals surface area contributed by atoms with Gasteiger partial charge < -0.3 is 0 Å². The van der Waals surface area contributed by atoms with Crippen molar-refractivity contribution in [3.05, 3.63) is 52.0 Å². The zero-order valence-corrected chi connectivity index (χ0v) is 15.8. The summed E-state index contributed by atoms with van der Waals surface area (Å²) in [7, 11) is -7.40. The van der Waals surface area contributed by atoms with Crippen LogP contribution in [0.3, 0.4) is 0 Å². The fraction of sp³-hybridized carbons (Fsp3) is 0.143. The molecule has 2 rings (SSSR count). The minimum absolute atomic E-state index is 0.0515. The molecular weight excluding hydrogens is 395 g/mol. The van der Waals surface area contributed by atoms with E-state index >= 15 is 0 Å². The van der Waals surface area contributed by atoms with Gasteiger partial charge in [-0.25, -0.2) is 16.8 Å². The molecule has 0 radical (unpaired) electrons. The quantitative estimate of drug-likeness (QED) is 0.791. The van der Waals surface area contributed by atoms with Gasteiger partial charge in [0.25, 0.3) is 10.0 Å². The summed E-state index contributed by atoms with van der Waals surface area (Å²) in [6, 6.07) is 8.63. The second-order valence-corrected chi connectivity index (χ2v) is 9.32. The van der Waals surface area contributed by atoms with E-state index in [2.05, 4.69) is 9.44 Å². The Hall–Kier alpha value is -1.48. The molecule has 10 heteroatoms. The first-order valence-corrected chi connectivity index (χ1v) is 10.7. The Morgan fingerprint density at radius 1 is 0.875 bits per heavy atom. The average Bonchev–Trinajstić information content (AvgIpc) is 2.39.